The Balaban J connectivity index is 2.57. The smallest absolute Gasteiger partial charge is 0.0166 e. The number of rotatable bonds is 0. The topological polar surface area (TPSA) is 0 Å². The quantitative estimate of drug-likeness (QED) is 0.459. The molecule has 1 aliphatic carbocycles. The lowest BCUT2D eigenvalue weighted by atomic mass is 10.1. The molecule has 58 valence electrons. The number of hydrogen-bond acceptors (Lipinski definition) is 0. The zero-order valence-corrected chi connectivity index (χ0v) is 6.79. The van der Waals surface area contributed by atoms with Crippen LogP contribution >= 0.6 is 0 Å². The molecule has 0 nitrogen and oxygen atoms in total. The molecule has 0 saturated carbocycles. The molecule has 0 radical (unpaired) electrons. The van der Waals surface area contributed by atoms with E-state index in [0.29, 0.717) is 0 Å². The zero-order chi connectivity index (χ0) is 7.94. The predicted molar refractivity (Wildman–Crippen MR) is 50.4 cm³/mol. The zero-order valence-electron chi connectivity index (χ0n) is 6.79. The Morgan fingerprint density at radius 2 is 1.64 bits per heavy atom. The van der Waals surface area contributed by atoms with Crippen LogP contribution in [0.3, 0.4) is 0 Å². The van der Waals surface area contributed by atoms with E-state index < -0.39 is 0 Å². The highest BCUT2D eigenvalue weighted by Gasteiger charge is 1.82. The van der Waals surface area contributed by atoms with E-state index >= 15 is 0 Å². The minimum absolute atomic E-state index is 1.03. The highest BCUT2D eigenvalue weighted by atomic mass is 13.9. The maximum absolute atomic E-state index is 3.89. The second-order valence-corrected chi connectivity index (χ2v) is 2.66. The molecular formula is C11H14. The van der Waals surface area contributed by atoms with E-state index in [9.17, 15) is 0 Å². The molecule has 0 atom stereocenters. The van der Waals surface area contributed by atoms with Crippen molar-refractivity contribution >= 4 is 0 Å². The molecule has 0 heterocycles. The van der Waals surface area contributed by atoms with Gasteiger partial charge in [0.15, 0.2) is 0 Å². The van der Waals surface area contributed by atoms with Crippen LogP contribution in [-0.2, 0) is 0 Å². The fraction of sp³-hybridized carbons (Fsp3) is 0.273. The second-order valence-electron chi connectivity index (χ2n) is 2.66. The average molecular weight is 146 g/mol. The molecule has 0 aromatic heterocycles. The van der Waals surface area contributed by atoms with Crippen molar-refractivity contribution in [2.24, 2.45) is 0 Å². The molecule has 0 aliphatic heterocycles. The monoisotopic (exact) mass is 146 g/mol. The minimum Gasteiger partial charge on any atom is -0.0918 e. The van der Waals surface area contributed by atoms with Gasteiger partial charge in [0.25, 0.3) is 0 Å². The Labute approximate surface area is 68.6 Å². The van der Waals surface area contributed by atoms with Gasteiger partial charge < -0.3 is 0 Å². The molecule has 0 N–H and O–H groups in total. The lowest BCUT2D eigenvalue weighted by molar-refractivity contribution is 1.04. The summed E-state index contributed by atoms with van der Waals surface area (Å²) >= 11 is 0. The molecule has 0 spiro atoms. The van der Waals surface area contributed by atoms with Gasteiger partial charge in [-0.25, -0.2) is 0 Å². The Bertz CT molecular complexity index is 204. The van der Waals surface area contributed by atoms with Crippen LogP contribution in [-0.4, -0.2) is 0 Å². The highest BCUT2D eigenvalue weighted by Crippen LogP contribution is 2.03. The van der Waals surface area contributed by atoms with Crippen molar-refractivity contribution in [2.75, 3.05) is 0 Å². The van der Waals surface area contributed by atoms with Crippen molar-refractivity contribution in [3.05, 3.63) is 48.6 Å². The third-order valence-electron chi connectivity index (χ3n) is 1.60. The first-order valence-corrected chi connectivity index (χ1v) is 4.06. The first kappa shape index (κ1) is 8.06. The lowest BCUT2D eigenvalue weighted by Crippen LogP contribution is -1.72. The molecule has 0 unspecified atom stereocenters. The summed E-state index contributed by atoms with van der Waals surface area (Å²) in [5.41, 5.74) is 1.10. The van der Waals surface area contributed by atoms with Gasteiger partial charge in [-0.2, -0.15) is 0 Å². The fourth-order valence-corrected chi connectivity index (χ4v) is 0.995. The third-order valence-corrected chi connectivity index (χ3v) is 1.60. The molecular weight excluding hydrogens is 132 g/mol. The first-order valence-electron chi connectivity index (χ1n) is 4.06. The van der Waals surface area contributed by atoms with Crippen molar-refractivity contribution in [1.82, 2.24) is 0 Å². The van der Waals surface area contributed by atoms with Crippen LogP contribution in [0.15, 0.2) is 48.6 Å². The largest absolute Gasteiger partial charge is 0.0918 e. The molecule has 0 amide bonds. The molecule has 11 heavy (non-hydrogen) atoms. The molecule has 0 bridgehead atoms. The summed E-state index contributed by atoms with van der Waals surface area (Å²) in [7, 11) is 0. The van der Waals surface area contributed by atoms with Crippen molar-refractivity contribution in [3.8, 4) is 0 Å². The van der Waals surface area contributed by atoms with Gasteiger partial charge in [0, 0.05) is 0 Å². The van der Waals surface area contributed by atoms with Crippen LogP contribution in [0.25, 0.3) is 0 Å². The van der Waals surface area contributed by atoms with E-state index in [1.54, 1.807) is 0 Å². The van der Waals surface area contributed by atoms with Crippen LogP contribution in [0.5, 0.6) is 0 Å². The third kappa shape index (κ3) is 3.61. The first-order chi connectivity index (χ1) is 5.39. The molecule has 0 aromatic rings. The SMILES string of the molecule is C=C1/C=C\C/C=C\CC/C=C\1. The second kappa shape index (κ2) is 4.73. The van der Waals surface area contributed by atoms with Gasteiger partial charge in [-0.15, -0.1) is 0 Å². The molecule has 0 saturated heterocycles. The Kier molecular flexibility index (Phi) is 3.46. The van der Waals surface area contributed by atoms with Crippen molar-refractivity contribution in [1.29, 1.82) is 0 Å². The maximum Gasteiger partial charge on any atom is -0.0166 e. The van der Waals surface area contributed by atoms with E-state index in [0.717, 1.165) is 24.8 Å². The van der Waals surface area contributed by atoms with Gasteiger partial charge >= 0.3 is 0 Å². The van der Waals surface area contributed by atoms with Crippen molar-refractivity contribution in [2.45, 2.75) is 19.3 Å². The van der Waals surface area contributed by atoms with Crippen LogP contribution in [0.4, 0.5) is 0 Å². The van der Waals surface area contributed by atoms with E-state index in [-0.39, 0.29) is 0 Å². The van der Waals surface area contributed by atoms with Crippen molar-refractivity contribution < 1.29 is 0 Å². The van der Waals surface area contributed by atoms with Crippen molar-refractivity contribution in [3.63, 3.8) is 0 Å². The summed E-state index contributed by atoms with van der Waals surface area (Å²) in [6, 6.07) is 0. The molecule has 1 rings (SSSR count). The van der Waals surface area contributed by atoms with Gasteiger partial charge in [-0.1, -0.05) is 43.0 Å². The van der Waals surface area contributed by atoms with E-state index in [1.165, 1.54) is 0 Å². The summed E-state index contributed by atoms with van der Waals surface area (Å²) < 4.78 is 0. The standard InChI is InChI=1S/C11H14/c1-11-9-7-5-3-2-4-6-8-10-11/h2-3,7-10H,1,4-6H2/b3-2-,9-7-,10-8-. The lowest BCUT2D eigenvalue weighted by Gasteiger charge is -1.92. The van der Waals surface area contributed by atoms with Gasteiger partial charge in [-0.3, -0.25) is 0 Å². The van der Waals surface area contributed by atoms with E-state index in [4.69, 9.17) is 0 Å². The van der Waals surface area contributed by atoms with E-state index in [1.807, 2.05) is 0 Å². The maximum atomic E-state index is 3.89. The molecule has 0 heteroatoms. The number of hydrogen-bond donors (Lipinski definition) is 0. The molecule has 1 aliphatic rings. The minimum atomic E-state index is 1.03. The summed E-state index contributed by atoms with van der Waals surface area (Å²) in [4.78, 5) is 0. The molecule has 0 fully saturated rings. The van der Waals surface area contributed by atoms with Gasteiger partial charge in [0.1, 0.15) is 0 Å². The summed E-state index contributed by atoms with van der Waals surface area (Å²) in [5.74, 6) is 0. The van der Waals surface area contributed by atoms with E-state index in [2.05, 4.69) is 43.0 Å². The van der Waals surface area contributed by atoms with Crippen LogP contribution in [0.2, 0.25) is 0 Å². The fourth-order valence-electron chi connectivity index (χ4n) is 0.995. The van der Waals surface area contributed by atoms with Crippen LogP contribution in [0.1, 0.15) is 19.3 Å². The summed E-state index contributed by atoms with van der Waals surface area (Å²) in [5, 5.41) is 0. The Morgan fingerprint density at radius 3 is 2.55 bits per heavy atom. The Morgan fingerprint density at radius 1 is 0.909 bits per heavy atom. The Hall–Kier alpha value is -1.04. The van der Waals surface area contributed by atoms with Gasteiger partial charge in [-0.05, 0) is 24.8 Å². The number of allylic oxidation sites excluding steroid dienone is 7. The van der Waals surface area contributed by atoms with Crippen LogP contribution < -0.4 is 0 Å². The van der Waals surface area contributed by atoms with Crippen LogP contribution in [0, 0.1) is 0 Å². The highest BCUT2D eigenvalue weighted by molar-refractivity contribution is 5.27. The normalized spacial score (nSPS) is 27.5. The predicted octanol–water partition coefficient (Wildman–Crippen LogP) is 3.40. The van der Waals surface area contributed by atoms with Gasteiger partial charge in [0.2, 0.25) is 0 Å². The van der Waals surface area contributed by atoms with Gasteiger partial charge in [0.05, 0.1) is 0 Å². The summed E-state index contributed by atoms with van der Waals surface area (Å²) in [6.07, 6.45) is 16.2. The molecule has 0 aromatic carbocycles. The average Bonchev–Trinajstić information content (AvgIpc) is 2.03. The summed E-state index contributed by atoms with van der Waals surface area (Å²) in [6.45, 7) is 3.89.